The zero-order valence-electron chi connectivity index (χ0n) is 15.8. The molecule has 0 radical (unpaired) electrons. The summed E-state index contributed by atoms with van der Waals surface area (Å²) in [5.74, 6) is -0.394. The first kappa shape index (κ1) is 18.7. The molecule has 0 atom stereocenters. The first-order chi connectivity index (χ1) is 14.6. The van der Waals surface area contributed by atoms with Crippen LogP contribution < -0.4 is 10.1 Å². The van der Waals surface area contributed by atoms with Crippen LogP contribution in [0.2, 0.25) is 0 Å². The van der Waals surface area contributed by atoms with Gasteiger partial charge in [-0.05, 0) is 36.6 Å². The molecule has 9 heteroatoms. The molecule has 5 aromatic rings. The predicted octanol–water partition coefficient (Wildman–Crippen LogP) is 5.16. The Hall–Kier alpha value is -3.30. The number of nitrogens with one attached hydrogen (secondary N) is 1. The Morgan fingerprint density at radius 3 is 3.03 bits per heavy atom. The van der Waals surface area contributed by atoms with Gasteiger partial charge >= 0.3 is 0 Å². The van der Waals surface area contributed by atoms with E-state index in [1.54, 1.807) is 53.3 Å². The molecule has 1 N–H and O–H groups in total. The van der Waals surface area contributed by atoms with Gasteiger partial charge in [0.15, 0.2) is 6.61 Å². The molecule has 0 saturated carbocycles. The summed E-state index contributed by atoms with van der Waals surface area (Å²) in [6.07, 6.45) is 3.27. The Balaban J connectivity index is 1.39. The minimum Gasteiger partial charge on any atom is -0.483 e. The lowest BCUT2D eigenvalue weighted by Gasteiger charge is -2.13. The van der Waals surface area contributed by atoms with Gasteiger partial charge in [-0.15, -0.1) is 22.7 Å². The molecule has 6 nitrogen and oxygen atoms in total. The average Bonchev–Trinajstić information content (AvgIpc) is 3.47. The maximum absolute atomic E-state index is 14.4. The zero-order valence-corrected chi connectivity index (χ0v) is 17.4. The van der Waals surface area contributed by atoms with Gasteiger partial charge in [0.2, 0.25) is 0 Å². The monoisotopic (exact) mass is 438 g/mol. The van der Waals surface area contributed by atoms with Crippen molar-refractivity contribution in [3.8, 4) is 11.4 Å². The van der Waals surface area contributed by atoms with Gasteiger partial charge in [-0.2, -0.15) is 5.10 Å². The molecular formula is C21H15FN4O2S2. The molecule has 0 unspecified atom stereocenters. The SMILES string of the molecule is Cc1nc2c(cc(OCC(=O)Nc3c(F)cccc3-n3cccn3)c3ccsc32)s1. The van der Waals surface area contributed by atoms with Crippen molar-refractivity contribution in [3.63, 3.8) is 0 Å². The van der Waals surface area contributed by atoms with Crippen molar-refractivity contribution >= 4 is 54.6 Å². The second kappa shape index (κ2) is 7.51. The van der Waals surface area contributed by atoms with Gasteiger partial charge in [0.05, 0.1) is 25.6 Å². The molecule has 3 aromatic heterocycles. The molecule has 0 aliphatic heterocycles. The number of carbonyl (C=O) groups excluding carboxylic acids is 1. The third-order valence-electron chi connectivity index (χ3n) is 4.53. The van der Waals surface area contributed by atoms with Crippen LogP contribution in [-0.4, -0.2) is 27.3 Å². The third kappa shape index (κ3) is 3.31. The molecule has 0 aliphatic carbocycles. The Kier molecular flexibility index (Phi) is 4.68. The first-order valence-corrected chi connectivity index (χ1v) is 10.8. The number of rotatable bonds is 5. The number of anilines is 1. The number of fused-ring (bicyclic) bond motifs is 3. The van der Waals surface area contributed by atoms with E-state index >= 15 is 0 Å². The highest BCUT2D eigenvalue weighted by Gasteiger charge is 2.16. The van der Waals surface area contributed by atoms with E-state index in [-0.39, 0.29) is 12.3 Å². The highest BCUT2D eigenvalue weighted by atomic mass is 32.1. The second-order valence-electron chi connectivity index (χ2n) is 6.54. The number of aromatic nitrogens is 3. The van der Waals surface area contributed by atoms with Crippen LogP contribution >= 0.6 is 22.7 Å². The molecular weight excluding hydrogens is 423 g/mol. The van der Waals surface area contributed by atoms with Crippen molar-refractivity contribution in [2.75, 3.05) is 11.9 Å². The van der Waals surface area contributed by atoms with Crippen molar-refractivity contribution in [1.29, 1.82) is 0 Å². The van der Waals surface area contributed by atoms with Crippen LogP contribution in [0.4, 0.5) is 10.1 Å². The topological polar surface area (TPSA) is 69.0 Å². The summed E-state index contributed by atoms with van der Waals surface area (Å²) in [6.45, 7) is 1.71. The molecule has 150 valence electrons. The molecule has 0 aliphatic rings. The lowest BCUT2D eigenvalue weighted by Crippen LogP contribution is -2.22. The number of thiazole rings is 1. The van der Waals surface area contributed by atoms with E-state index in [1.165, 1.54) is 10.7 Å². The van der Waals surface area contributed by atoms with Crippen LogP contribution in [-0.2, 0) is 4.79 Å². The van der Waals surface area contributed by atoms with E-state index in [2.05, 4.69) is 15.4 Å². The summed E-state index contributed by atoms with van der Waals surface area (Å²) < 4.78 is 23.8. The van der Waals surface area contributed by atoms with Crippen molar-refractivity contribution in [1.82, 2.24) is 14.8 Å². The van der Waals surface area contributed by atoms with Gasteiger partial charge in [0.25, 0.3) is 5.91 Å². The van der Waals surface area contributed by atoms with Crippen LogP contribution in [0.5, 0.6) is 5.75 Å². The zero-order chi connectivity index (χ0) is 20.7. The number of halogens is 1. The summed E-state index contributed by atoms with van der Waals surface area (Å²) in [5.41, 5.74) is 1.45. The third-order valence-corrected chi connectivity index (χ3v) is 6.37. The molecule has 1 amide bonds. The van der Waals surface area contributed by atoms with Gasteiger partial charge in [-0.25, -0.2) is 14.1 Å². The highest BCUT2D eigenvalue weighted by Crippen LogP contribution is 2.38. The average molecular weight is 439 g/mol. The van der Waals surface area contributed by atoms with E-state index in [0.29, 0.717) is 11.4 Å². The van der Waals surface area contributed by atoms with Crippen LogP contribution in [0, 0.1) is 12.7 Å². The number of hydrogen-bond donors (Lipinski definition) is 1. The fourth-order valence-corrected chi connectivity index (χ4v) is 5.10. The van der Waals surface area contributed by atoms with E-state index in [4.69, 9.17) is 4.74 Å². The minimum absolute atomic E-state index is 0.0593. The maximum Gasteiger partial charge on any atom is 0.262 e. The number of benzene rings is 2. The second-order valence-corrected chi connectivity index (χ2v) is 8.69. The Bertz CT molecular complexity index is 1370. The van der Waals surface area contributed by atoms with E-state index in [0.717, 1.165) is 25.3 Å². The standard InChI is InChI=1S/C21H15FN4O2S2/c1-12-24-20-17(30-12)10-16(13-6-9-29-21(13)20)28-11-18(27)25-19-14(22)4-2-5-15(19)26-8-3-7-23-26/h2-10H,11H2,1H3,(H,25,27). The first-order valence-electron chi connectivity index (χ1n) is 9.08. The van der Waals surface area contributed by atoms with E-state index in [9.17, 15) is 9.18 Å². The molecule has 3 heterocycles. The lowest BCUT2D eigenvalue weighted by molar-refractivity contribution is -0.118. The van der Waals surface area contributed by atoms with Gasteiger partial charge in [-0.3, -0.25) is 4.79 Å². The number of amides is 1. The Morgan fingerprint density at radius 1 is 1.30 bits per heavy atom. The number of aryl methyl sites for hydroxylation is 1. The van der Waals surface area contributed by atoms with E-state index < -0.39 is 11.7 Å². The summed E-state index contributed by atoms with van der Waals surface area (Å²) in [4.78, 5) is 17.2. The fraction of sp³-hybridized carbons (Fsp3) is 0.0952. The lowest BCUT2D eigenvalue weighted by atomic mass is 10.2. The number of nitrogens with zero attached hydrogens (tertiary/aromatic N) is 3. The summed E-state index contributed by atoms with van der Waals surface area (Å²) >= 11 is 3.17. The number of carbonyl (C=O) groups is 1. The molecule has 30 heavy (non-hydrogen) atoms. The van der Waals surface area contributed by atoms with Crippen LogP contribution in [0.3, 0.4) is 0 Å². The predicted molar refractivity (Wildman–Crippen MR) is 117 cm³/mol. The van der Waals surface area contributed by atoms with Crippen molar-refractivity contribution in [3.05, 3.63) is 65.0 Å². The number of hydrogen-bond acceptors (Lipinski definition) is 6. The van der Waals surface area contributed by atoms with Gasteiger partial charge in [0, 0.05) is 23.8 Å². The molecule has 0 bridgehead atoms. The van der Waals surface area contributed by atoms with Gasteiger partial charge < -0.3 is 10.1 Å². The maximum atomic E-state index is 14.4. The summed E-state index contributed by atoms with van der Waals surface area (Å²) in [5, 5.41) is 10.6. The summed E-state index contributed by atoms with van der Waals surface area (Å²) in [6, 6.07) is 10.1. The van der Waals surface area contributed by atoms with E-state index in [1.807, 2.05) is 24.4 Å². The van der Waals surface area contributed by atoms with Crippen LogP contribution in [0.15, 0.2) is 54.2 Å². The van der Waals surface area contributed by atoms with Crippen molar-refractivity contribution in [2.24, 2.45) is 0 Å². The normalized spacial score (nSPS) is 11.3. The van der Waals surface area contributed by atoms with Crippen molar-refractivity contribution < 1.29 is 13.9 Å². The van der Waals surface area contributed by atoms with Crippen LogP contribution in [0.25, 0.3) is 26.0 Å². The number of ether oxygens (including phenoxy) is 1. The van der Waals surface area contributed by atoms with Gasteiger partial charge in [-0.1, -0.05) is 6.07 Å². The van der Waals surface area contributed by atoms with Gasteiger partial charge in [0.1, 0.15) is 17.3 Å². The fourth-order valence-electron chi connectivity index (χ4n) is 3.26. The Labute approximate surface area is 178 Å². The van der Waals surface area contributed by atoms with Crippen molar-refractivity contribution in [2.45, 2.75) is 6.92 Å². The molecule has 0 spiro atoms. The number of para-hydroxylation sites is 1. The highest BCUT2D eigenvalue weighted by molar-refractivity contribution is 7.21. The Morgan fingerprint density at radius 2 is 2.20 bits per heavy atom. The molecule has 2 aromatic carbocycles. The summed E-state index contributed by atoms with van der Waals surface area (Å²) in [7, 11) is 0. The molecule has 0 fully saturated rings. The van der Waals surface area contributed by atoms with Crippen LogP contribution in [0.1, 0.15) is 5.01 Å². The number of thiophene rings is 1. The quantitative estimate of drug-likeness (QED) is 0.411. The smallest absolute Gasteiger partial charge is 0.262 e. The molecule has 0 saturated heterocycles. The minimum atomic E-state index is -0.543. The molecule has 5 rings (SSSR count). The largest absolute Gasteiger partial charge is 0.483 e.